The third kappa shape index (κ3) is 3.71. The van der Waals surface area contributed by atoms with Gasteiger partial charge in [-0.2, -0.15) is 10.4 Å². The summed E-state index contributed by atoms with van der Waals surface area (Å²) in [5.74, 6) is 0.00111. The van der Waals surface area contributed by atoms with Gasteiger partial charge in [0.05, 0.1) is 24.0 Å². The van der Waals surface area contributed by atoms with E-state index < -0.39 is 5.91 Å². The van der Waals surface area contributed by atoms with Crippen LogP contribution in [0.1, 0.15) is 11.3 Å². The second-order valence-electron chi connectivity index (χ2n) is 4.78. The molecular formula is C16H15ClN4O2. The van der Waals surface area contributed by atoms with Crippen LogP contribution in [0.5, 0.6) is 5.75 Å². The van der Waals surface area contributed by atoms with Crippen molar-refractivity contribution in [2.75, 3.05) is 12.4 Å². The van der Waals surface area contributed by atoms with E-state index >= 15 is 0 Å². The van der Waals surface area contributed by atoms with Crippen molar-refractivity contribution in [3.63, 3.8) is 0 Å². The Labute approximate surface area is 138 Å². The number of carbonyl (C=O) groups is 1. The lowest BCUT2D eigenvalue weighted by Gasteiger charge is -2.08. The third-order valence-electron chi connectivity index (χ3n) is 3.36. The molecule has 2 aromatic rings. The second kappa shape index (κ2) is 6.99. The van der Waals surface area contributed by atoms with E-state index in [1.807, 2.05) is 13.0 Å². The summed E-state index contributed by atoms with van der Waals surface area (Å²) in [5, 5.41) is 16.3. The number of ether oxygens (including phenoxy) is 1. The van der Waals surface area contributed by atoms with Crippen molar-refractivity contribution in [2.45, 2.75) is 6.92 Å². The number of benzene rings is 1. The van der Waals surface area contributed by atoms with Gasteiger partial charge in [-0.15, -0.1) is 0 Å². The Balaban J connectivity index is 2.28. The van der Waals surface area contributed by atoms with Gasteiger partial charge < -0.3 is 10.1 Å². The third-order valence-corrected chi connectivity index (χ3v) is 3.69. The standard InChI is InChI=1S/C16H15ClN4O2/c1-10-12(9-19-21(10)2)6-11(8-18)16(22)20-15-7-13(23-3)4-5-14(15)17/h4-7,9H,1-3H3,(H,20,22). The van der Waals surface area contributed by atoms with Crippen molar-refractivity contribution in [1.82, 2.24) is 9.78 Å². The molecule has 23 heavy (non-hydrogen) atoms. The van der Waals surface area contributed by atoms with E-state index in [0.29, 0.717) is 22.0 Å². The molecule has 0 unspecified atom stereocenters. The predicted molar refractivity (Wildman–Crippen MR) is 88.2 cm³/mol. The number of methoxy groups -OCH3 is 1. The number of amides is 1. The van der Waals surface area contributed by atoms with Crippen LogP contribution in [0.25, 0.3) is 6.08 Å². The maximum Gasteiger partial charge on any atom is 0.266 e. The van der Waals surface area contributed by atoms with E-state index in [1.54, 1.807) is 36.1 Å². The Morgan fingerprint density at radius 1 is 1.52 bits per heavy atom. The minimum Gasteiger partial charge on any atom is -0.497 e. The van der Waals surface area contributed by atoms with Gasteiger partial charge in [0.1, 0.15) is 17.4 Å². The van der Waals surface area contributed by atoms with Crippen molar-refractivity contribution in [1.29, 1.82) is 5.26 Å². The largest absolute Gasteiger partial charge is 0.497 e. The molecule has 1 aromatic carbocycles. The van der Waals surface area contributed by atoms with E-state index in [2.05, 4.69) is 10.4 Å². The number of hydrogen-bond acceptors (Lipinski definition) is 4. The first-order valence-electron chi connectivity index (χ1n) is 6.71. The minimum atomic E-state index is -0.550. The van der Waals surface area contributed by atoms with Crippen LogP contribution in [-0.4, -0.2) is 22.8 Å². The summed E-state index contributed by atoms with van der Waals surface area (Å²) in [6.07, 6.45) is 3.09. The molecule has 0 aliphatic heterocycles. The Kier molecular flexibility index (Phi) is 5.04. The lowest BCUT2D eigenvalue weighted by Crippen LogP contribution is -2.14. The molecule has 7 heteroatoms. The molecule has 0 radical (unpaired) electrons. The zero-order chi connectivity index (χ0) is 17.0. The van der Waals surface area contributed by atoms with Gasteiger partial charge in [0, 0.05) is 24.4 Å². The van der Waals surface area contributed by atoms with Crippen LogP contribution in [0.15, 0.2) is 30.0 Å². The Bertz CT molecular complexity index is 818. The van der Waals surface area contributed by atoms with Gasteiger partial charge in [0.15, 0.2) is 0 Å². The van der Waals surface area contributed by atoms with Gasteiger partial charge >= 0.3 is 0 Å². The predicted octanol–water partition coefficient (Wildman–Crippen LogP) is 2.94. The second-order valence-corrected chi connectivity index (χ2v) is 5.19. The molecule has 2 rings (SSSR count). The molecular weight excluding hydrogens is 316 g/mol. The average molecular weight is 331 g/mol. The van der Waals surface area contributed by atoms with Gasteiger partial charge in [0.25, 0.3) is 5.91 Å². The van der Waals surface area contributed by atoms with Crippen LogP contribution in [0.4, 0.5) is 5.69 Å². The summed E-state index contributed by atoms with van der Waals surface area (Å²) in [6, 6.07) is 6.77. The first kappa shape index (κ1) is 16.6. The molecule has 0 aliphatic rings. The first-order chi connectivity index (χ1) is 11.0. The van der Waals surface area contributed by atoms with Gasteiger partial charge in [0.2, 0.25) is 0 Å². The van der Waals surface area contributed by atoms with E-state index in [9.17, 15) is 10.1 Å². The highest BCUT2D eigenvalue weighted by molar-refractivity contribution is 6.34. The lowest BCUT2D eigenvalue weighted by atomic mass is 10.1. The molecule has 0 bridgehead atoms. The number of halogens is 1. The van der Waals surface area contributed by atoms with Crippen LogP contribution in [0.2, 0.25) is 5.02 Å². The summed E-state index contributed by atoms with van der Waals surface area (Å²) >= 11 is 6.05. The minimum absolute atomic E-state index is 0.0417. The molecule has 1 N–H and O–H groups in total. The lowest BCUT2D eigenvalue weighted by molar-refractivity contribution is -0.112. The monoisotopic (exact) mass is 330 g/mol. The van der Waals surface area contributed by atoms with E-state index in [-0.39, 0.29) is 5.57 Å². The highest BCUT2D eigenvalue weighted by Gasteiger charge is 2.13. The molecule has 1 amide bonds. The van der Waals surface area contributed by atoms with Crippen LogP contribution in [-0.2, 0) is 11.8 Å². The molecule has 6 nitrogen and oxygen atoms in total. The van der Waals surface area contributed by atoms with Crippen LogP contribution >= 0.6 is 11.6 Å². The van der Waals surface area contributed by atoms with Crippen molar-refractivity contribution in [2.24, 2.45) is 7.05 Å². The van der Waals surface area contributed by atoms with E-state index in [0.717, 1.165) is 5.69 Å². The number of aryl methyl sites for hydroxylation is 1. The van der Waals surface area contributed by atoms with Crippen molar-refractivity contribution < 1.29 is 9.53 Å². The number of rotatable bonds is 4. The molecule has 118 valence electrons. The zero-order valence-corrected chi connectivity index (χ0v) is 13.7. The number of nitrogens with zero attached hydrogens (tertiary/aromatic N) is 3. The Morgan fingerprint density at radius 3 is 2.83 bits per heavy atom. The summed E-state index contributed by atoms with van der Waals surface area (Å²) in [6.45, 7) is 1.85. The number of nitrogens with one attached hydrogen (secondary N) is 1. The zero-order valence-electron chi connectivity index (χ0n) is 12.9. The summed E-state index contributed by atoms with van der Waals surface area (Å²) < 4.78 is 6.76. The van der Waals surface area contributed by atoms with Gasteiger partial charge in [-0.25, -0.2) is 0 Å². The topological polar surface area (TPSA) is 79.9 Å². The van der Waals surface area contributed by atoms with Crippen LogP contribution in [0.3, 0.4) is 0 Å². The highest BCUT2D eigenvalue weighted by Crippen LogP contribution is 2.27. The van der Waals surface area contributed by atoms with Crippen LogP contribution < -0.4 is 10.1 Å². The van der Waals surface area contributed by atoms with Gasteiger partial charge in [-0.05, 0) is 25.1 Å². The number of anilines is 1. The maximum atomic E-state index is 12.3. The average Bonchev–Trinajstić information content (AvgIpc) is 2.86. The molecule has 0 spiro atoms. The summed E-state index contributed by atoms with van der Waals surface area (Å²) in [5.41, 5.74) is 1.89. The number of nitriles is 1. The maximum absolute atomic E-state index is 12.3. The fourth-order valence-electron chi connectivity index (χ4n) is 1.88. The van der Waals surface area contributed by atoms with Gasteiger partial charge in [-0.1, -0.05) is 11.6 Å². The van der Waals surface area contributed by atoms with Gasteiger partial charge in [-0.3, -0.25) is 9.48 Å². The van der Waals surface area contributed by atoms with Crippen molar-refractivity contribution >= 4 is 29.3 Å². The van der Waals surface area contributed by atoms with Crippen molar-refractivity contribution in [3.8, 4) is 11.8 Å². The number of hydrogen-bond donors (Lipinski definition) is 1. The molecule has 0 saturated heterocycles. The Hall–Kier alpha value is -2.78. The summed E-state index contributed by atoms with van der Waals surface area (Å²) in [7, 11) is 3.30. The number of carbonyl (C=O) groups excluding carboxylic acids is 1. The smallest absolute Gasteiger partial charge is 0.266 e. The molecule has 0 atom stereocenters. The molecule has 1 aromatic heterocycles. The fraction of sp³-hybridized carbons (Fsp3) is 0.188. The molecule has 0 fully saturated rings. The SMILES string of the molecule is COc1ccc(Cl)c(NC(=O)C(C#N)=Cc2cnn(C)c2C)c1. The molecule has 0 aliphatic carbocycles. The van der Waals surface area contributed by atoms with E-state index in [1.165, 1.54) is 13.2 Å². The first-order valence-corrected chi connectivity index (χ1v) is 7.09. The molecule has 1 heterocycles. The normalized spacial score (nSPS) is 11.0. The van der Waals surface area contributed by atoms with Crippen molar-refractivity contribution in [3.05, 3.63) is 46.2 Å². The summed E-state index contributed by atoms with van der Waals surface area (Å²) in [4.78, 5) is 12.3. The fourth-order valence-corrected chi connectivity index (χ4v) is 2.04. The quantitative estimate of drug-likeness (QED) is 0.690. The van der Waals surface area contributed by atoms with Crippen LogP contribution in [0, 0.1) is 18.3 Å². The highest BCUT2D eigenvalue weighted by atomic mass is 35.5. The van der Waals surface area contributed by atoms with E-state index in [4.69, 9.17) is 16.3 Å². The Morgan fingerprint density at radius 2 is 2.26 bits per heavy atom. The number of aromatic nitrogens is 2. The molecule has 0 saturated carbocycles.